The summed E-state index contributed by atoms with van der Waals surface area (Å²) < 4.78 is 10.6. The molecule has 0 aromatic rings. The summed E-state index contributed by atoms with van der Waals surface area (Å²) in [5.41, 5.74) is 5.98. The SMILES string of the molecule is CCCC(N[C@@H](C)N)[SiH](OC)OC. The maximum absolute atomic E-state index is 5.67. The Bertz CT molecular complexity index is 121. The molecule has 1 unspecified atom stereocenters. The number of hydrogen-bond acceptors (Lipinski definition) is 4. The van der Waals surface area contributed by atoms with Crippen LogP contribution in [-0.4, -0.2) is 35.3 Å². The van der Waals surface area contributed by atoms with Gasteiger partial charge in [-0.05, 0) is 13.3 Å². The summed E-state index contributed by atoms with van der Waals surface area (Å²) in [5, 5.41) is 3.27. The molecule has 0 radical (unpaired) electrons. The van der Waals surface area contributed by atoms with Crippen molar-refractivity contribution in [1.29, 1.82) is 0 Å². The Hall–Kier alpha value is 0.0569. The van der Waals surface area contributed by atoms with Gasteiger partial charge in [0, 0.05) is 19.9 Å². The van der Waals surface area contributed by atoms with Gasteiger partial charge in [-0.25, -0.2) is 0 Å². The number of nitrogens with two attached hydrogens (primary N) is 1. The summed E-state index contributed by atoms with van der Waals surface area (Å²) in [6, 6.07) is 0. The van der Waals surface area contributed by atoms with Crippen molar-refractivity contribution in [1.82, 2.24) is 5.32 Å². The van der Waals surface area contributed by atoms with Gasteiger partial charge in [0.25, 0.3) is 0 Å². The molecule has 0 rings (SSSR count). The molecule has 0 bridgehead atoms. The zero-order valence-electron chi connectivity index (χ0n) is 9.04. The van der Waals surface area contributed by atoms with E-state index in [9.17, 15) is 0 Å². The van der Waals surface area contributed by atoms with Crippen molar-refractivity contribution in [3.05, 3.63) is 0 Å². The van der Waals surface area contributed by atoms with Crippen molar-refractivity contribution in [3.8, 4) is 0 Å². The van der Waals surface area contributed by atoms with Crippen molar-refractivity contribution in [3.63, 3.8) is 0 Å². The Balaban J connectivity index is 4.03. The monoisotopic (exact) mass is 206 g/mol. The third kappa shape index (κ3) is 5.38. The minimum Gasteiger partial charge on any atom is -0.399 e. The standard InChI is InChI=1S/C8H22N2O2Si/c1-5-6-8(10-7(2)9)13(11-3)12-4/h7-8,10,13H,5-6,9H2,1-4H3/t7-,8?/m0/s1. The first-order valence-corrected chi connectivity index (χ1v) is 6.33. The highest BCUT2D eigenvalue weighted by atomic mass is 28.3. The molecule has 0 aromatic carbocycles. The average Bonchev–Trinajstić information content (AvgIpc) is 2.05. The van der Waals surface area contributed by atoms with Crippen LogP contribution in [0.3, 0.4) is 0 Å². The van der Waals surface area contributed by atoms with Crippen LogP contribution < -0.4 is 11.1 Å². The van der Waals surface area contributed by atoms with Gasteiger partial charge in [-0.2, -0.15) is 0 Å². The zero-order chi connectivity index (χ0) is 10.3. The highest BCUT2D eigenvalue weighted by Gasteiger charge is 2.23. The van der Waals surface area contributed by atoms with Crippen molar-refractivity contribution in [2.45, 2.75) is 38.5 Å². The second-order valence-corrected chi connectivity index (χ2v) is 5.67. The second-order valence-electron chi connectivity index (χ2n) is 3.19. The van der Waals surface area contributed by atoms with Gasteiger partial charge in [0.05, 0.1) is 6.17 Å². The van der Waals surface area contributed by atoms with Gasteiger partial charge < -0.3 is 14.6 Å². The first kappa shape index (κ1) is 13.1. The normalized spacial score (nSPS) is 16.2. The number of nitrogens with one attached hydrogen (secondary N) is 1. The van der Waals surface area contributed by atoms with Gasteiger partial charge in [0.2, 0.25) is 0 Å². The highest BCUT2D eigenvalue weighted by Crippen LogP contribution is 2.03. The maximum atomic E-state index is 5.67. The van der Waals surface area contributed by atoms with E-state index in [-0.39, 0.29) is 6.17 Å². The summed E-state index contributed by atoms with van der Waals surface area (Å²) in [4.78, 5) is 0. The van der Waals surface area contributed by atoms with E-state index in [1.807, 2.05) is 6.92 Å². The quantitative estimate of drug-likeness (QED) is 0.458. The molecule has 0 fully saturated rings. The molecule has 0 aliphatic rings. The first-order chi connectivity index (χ1) is 6.15. The molecule has 0 aliphatic heterocycles. The molecule has 0 saturated heterocycles. The molecule has 0 spiro atoms. The molecule has 5 heteroatoms. The molecule has 0 heterocycles. The Morgan fingerprint density at radius 3 is 2.23 bits per heavy atom. The van der Waals surface area contributed by atoms with Gasteiger partial charge >= 0.3 is 9.28 Å². The van der Waals surface area contributed by atoms with E-state index in [4.69, 9.17) is 14.6 Å². The van der Waals surface area contributed by atoms with Gasteiger partial charge in [-0.15, -0.1) is 0 Å². The van der Waals surface area contributed by atoms with Crippen molar-refractivity contribution in [2.24, 2.45) is 5.73 Å². The second kappa shape index (κ2) is 7.46. The molecule has 13 heavy (non-hydrogen) atoms. The molecule has 80 valence electrons. The molecule has 4 nitrogen and oxygen atoms in total. The smallest absolute Gasteiger partial charge is 0.338 e. The fourth-order valence-corrected chi connectivity index (χ4v) is 3.29. The first-order valence-electron chi connectivity index (χ1n) is 4.72. The molecular formula is C8H22N2O2Si. The van der Waals surface area contributed by atoms with Crippen LogP contribution in [0.5, 0.6) is 0 Å². The van der Waals surface area contributed by atoms with E-state index in [1.165, 1.54) is 0 Å². The van der Waals surface area contributed by atoms with Crippen LogP contribution in [0.15, 0.2) is 0 Å². The molecule has 0 saturated carbocycles. The van der Waals surface area contributed by atoms with Crippen molar-refractivity contribution < 1.29 is 8.85 Å². The topological polar surface area (TPSA) is 56.5 Å². The van der Waals surface area contributed by atoms with Crippen molar-refractivity contribution >= 4 is 9.28 Å². The van der Waals surface area contributed by atoms with E-state index in [0.717, 1.165) is 12.8 Å². The third-order valence-electron chi connectivity index (χ3n) is 1.87. The average molecular weight is 206 g/mol. The van der Waals surface area contributed by atoms with Gasteiger partial charge in [-0.3, -0.25) is 5.32 Å². The molecule has 0 aliphatic carbocycles. The van der Waals surface area contributed by atoms with Crippen LogP contribution in [0.4, 0.5) is 0 Å². The fourth-order valence-electron chi connectivity index (χ4n) is 1.37. The summed E-state index contributed by atoms with van der Waals surface area (Å²) in [5.74, 6) is 0. The van der Waals surface area contributed by atoms with Crippen LogP contribution >= 0.6 is 0 Å². The van der Waals surface area contributed by atoms with Crippen LogP contribution in [-0.2, 0) is 8.85 Å². The van der Waals surface area contributed by atoms with Crippen LogP contribution in [0.2, 0.25) is 0 Å². The minimum absolute atomic E-state index is 0.00292. The van der Waals surface area contributed by atoms with E-state index < -0.39 is 9.28 Å². The summed E-state index contributed by atoms with van der Waals surface area (Å²) >= 11 is 0. The number of rotatable bonds is 7. The Morgan fingerprint density at radius 2 is 1.92 bits per heavy atom. The van der Waals surface area contributed by atoms with E-state index in [0.29, 0.717) is 5.67 Å². The van der Waals surface area contributed by atoms with Crippen molar-refractivity contribution in [2.75, 3.05) is 14.2 Å². The predicted molar refractivity (Wildman–Crippen MR) is 56.6 cm³/mol. The number of hydrogen-bond donors (Lipinski definition) is 2. The maximum Gasteiger partial charge on any atom is 0.338 e. The lowest BCUT2D eigenvalue weighted by Gasteiger charge is -2.25. The van der Waals surface area contributed by atoms with Crippen LogP contribution in [0.25, 0.3) is 0 Å². The summed E-state index contributed by atoms with van der Waals surface area (Å²) in [6.07, 6.45) is 2.16. The Labute approximate surface area is 82.6 Å². The van der Waals surface area contributed by atoms with Gasteiger partial charge in [-0.1, -0.05) is 13.3 Å². The fraction of sp³-hybridized carbons (Fsp3) is 1.00. The lowest BCUT2D eigenvalue weighted by Crippen LogP contribution is -2.51. The summed E-state index contributed by atoms with van der Waals surface area (Å²) in [6.45, 7) is 4.08. The van der Waals surface area contributed by atoms with E-state index >= 15 is 0 Å². The highest BCUT2D eigenvalue weighted by molar-refractivity contribution is 6.46. The largest absolute Gasteiger partial charge is 0.399 e. The Kier molecular flexibility index (Phi) is 7.49. The lowest BCUT2D eigenvalue weighted by atomic mass is 10.3. The minimum atomic E-state index is -1.57. The molecule has 0 amide bonds. The predicted octanol–water partition coefficient (Wildman–Crippen LogP) is 0.102. The molecule has 3 N–H and O–H groups in total. The molecule has 0 aromatic heterocycles. The molecular weight excluding hydrogens is 184 g/mol. The lowest BCUT2D eigenvalue weighted by molar-refractivity contribution is 0.251. The summed E-state index contributed by atoms with van der Waals surface area (Å²) in [7, 11) is 1.83. The van der Waals surface area contributed by atoms with Crippen LogP contribution in [0, 0.1) is 0 Å². The van der Waals surface area contributed by atoms with E-state index in [1.54, 1.807) is 14.2 Å². The van der Waals surface area contributed by atoms with Crippen LogP contribution in [0.1, 0.15) is 26.7 Å². The molecule has 2 atom stereocenters. The van der Waals surface area contributed by atoms with E-state index in [2.05, 4.69) is 12.2 Å². The third-order valence-corrected chi connectivity index (χ3v) is 3.98. The van der Waals surface area contributed by atoms with Gasteiger partial charge in [0.1, 0.15) is 0 Å². The zero-order valence-corrected chi connectivity index (χ0v) is 10.2. The Morgan fingerprint density at radius 1 is 1.38 bits per heavy atom. The van der Waals surface area contributed by atoms with Gasteiger partial charge in [0.15, 0.2) is 0 Å².